The maximum absolute atomic E-state index is 12.8. The molecular formula is C21H21Cl2NO4. The number of rotatable bonds is 6. The van der Waals surface area contributed by atoms with Gasteiger partial charge in [0.15, 0.2) is 0 Å². The van der Waals surface area contributed by atoms with E-state index < -0.39 is 24.2 Å². The molecule has 5 nitrogen and oxygen atoms in total. The van der Waals surface area contributed by atoms with Crippen LogP contribution in [-0.4, -0.2) is 34.5 Å². The van der Waals surface area contributed by atoms with Gasteiger partial charge in [-0.1, -0.05) is 60.8 Å². The van der Waals surface area contributed by atoms with E-state index in [0.29, 0.717) is 22.9 Å². The van der Waals surface area contributed by atoms with Crippen molar-refractivity contribution in [1.82, 2.24) is 4.90 Å². The number of hydrogen-bond donors (Lipinski definition) is 1. The minimum absolute atomic E-state index is 0.186. The van der Waals surface area contributed by atoms with Crippen LogP contribution in [-0.2, 0) is 14.3 Å². The van der Waals surface area contributed by atoms with Gasteiger partial charge in [-0.15, -0.1) is 0 Å². The zero-order valence-electron chi connectivity index (χ0n) is 15.3. The SMILES string of the molecule is CCC[C@H](C(=O)O)N1C(=O)CO[C@H](c2cccc(Cl)c2)[C@@H]1c1ccc(Cl)cc1. The lowest BCUT2D eigenvalue weighted by Crippen LogP contribution is -2.53. The van der Waals surface area contributed by atoms with E-state index in [2.05, 4.69) is 0 Å². The normalized spacial score (nSPS) is 20.8. The summed E-state index contributed by atoms with van der Waals surface area (Å²) in [5.41, 5.74) is 1.54. The predicted molar refractivity (Wildman–Crippen MR) is 108 cm³/mol. The maximum atomic E-state index is 12.8. The van der Waals surface area contributed by atoms with Crippen LogP contribution in [0.4, 0.5) is 0 Å². The summed E-state index contributed by atoms with van der Waals surface area (Å²) in [5.74, 6) is -1.38. The highest BCUT2D eigenvalue weighted by Crippen LogP contribution is 2.42. The Kier molecular flexibility index (Phi) is 6.60. The summed E-state index contributed by atoms with van der Waals surface area (Å²) in [6.45, 7) is 1.71. The minimum atomic E-state index is -1.03. The van der Waals surface area contributed by atoms with Crippen LogP contribution in [0.5, 0.6) is 0 Å². The second-order valence-corrected chi connectivity index (χ2v) is 7.60. The van der Waals surface area contributed by atoms with Crippen molar-refractivity contribution in [2.45, 2.75) is 38.0 Å². The number of carbonyl (C=O) groups excluding carboxylic acids is 1. The lowest BCUT2D eigenvalue weighted by molar-refractivity contribution is -0.171. The Hall–Kier alpha value is -2.08. The Morgan fingerprint density at radius 2 is 1.89 bits per heavy atom. The van der Waals surface area contributed by atoms with Crippen LogP contribution in [0.2, 0.25) is 10.0 Å². The van der Waals surface area contributed by atoms with E-state index in [9.17, 15) is 14.7 Å². The maximum Gasteiger partial charge on any atom is 0.326 e. The third-order valence-electron chi connectivity index (χ3n) is 4.83. The smallest absolute Gasteiger partial charge is 0.326 e. The average Bonchev–Trinajstić information content (AvgIpc) is 2.67. The van der Waals surface area contributed by atoms with E-state index >= 15 is 0 Å². The van der Waals surface area contributed by atoms with Crippen molar-refractivity contribution in [3.63, 3.8) is 0 Å². The number of amides is 1. The summed E-state index contributed by atoms with van der Waals surface area (Å²) >= 11 is 12.2. The summed E-state index contributed by atoms with van der Waals surface area (Å²) < 4.78 is 5.89. The lowest BCUT2D eigenvalue weighted by atomic mass is 9.91. The molecule has 0 radical (unpaired) electrons. The van der Waals surface area contributed by atoms with Gasteiger partial charge < -0.3 is 14.7 Å². The van der Waals surface area contributed by atoms with Crippen LogP contribution < -0.4 is 0 Å². The number of hydrogen-bond acceptors (Lipinski definition) is 3. The van der Waals surface area contributed by atoms with E-state index in [0.717, 1.165) is 11.1 Å². The Morgan fingerprint density at radius 3 is 2.50 bits per heavy atom. The fourth-order valence-corrected chi connectivity index (χ4v) is 3.93. The van der Waals surface area contributed by atoms with Gasteiger partial charge >= 0.3 is 5.97 Å². The van der Waals surface area contributed by atoms with E-state index in [4.69, 9.17) is 27.9 Å². The largest absolute Gasteiger partial charge is 0.480 e. The summed E-state index contributed by atoms with van der Waals surface area (Å²) in [6, 6.07) is 12.7. The van der Waals surface area contributed by atoms with Crippen molar-refractivity contribution in [3.05, 3.63) is 69.7 Å². The van der Waals surface area contributed by atoms with Gasteiger partial charge in [0.25, 0.3) is 0 Å². The summed E-state index contributed by atoms with van der Waals surface area (Å²) in [7, 11) is 0. The monoisotopic (exact) mass is 421 g/mol. The molecule has 1 aliphatic heterocycles. The number of carboxylic acid groups (broad SMARTS) is 1. The highest BCUT2D eigenvalue weighted by molar-refractivity contribution is 6.30. The van der Waals surface area contributed by atoms with Gasteiger partial charge in [-0.3, -0.25) is 4.79 Å². The van der Waals surface area contributed by atoms with Gasteiger partial charge in [-0.25, -0.2) is 4.79 Å². The second kappa shape index (κ2) is 8.95. The van der Waals surface area contributed by atoms with Gasteiger partial charge in [0, 0.05) is 10.0 Å². The van der Waals surface area contributed by atoms with Crippen LogP contribution in [0.3, 0.4) is 0 Å². The fraction of sp³-hybridized carbons (Fsp3) is 0.333. The second-order valence-electron chi connectivity index (χ2n) is 6.73. The Balaban J connectivity index is 2.12. The highest BCUT2D eigenvalue weighted by Gasteiger charge is 2.44. The first-order chi connectivity index (χ1) is 13.4. The molecule has 0 aliphatic carbocycles. The first kappa shape index (κ1) is 20.6. The van der Waals surface area contributed by atoms with Gasteiger partial charge in [0.2, 0.25) is 5.91 Å². The molecule has 0 aromatic heterocycles. The lowest BCUT2D eigenvalue weighted by Gasteiger charge is -2.44. The molecule has 28 heavy (non-hydrogen) atoms. The summed E-state index contributed by atoms with van der Waals surface area (Å²) in [4.78, 5) is 26.2. The number of carbonyl (C=O) groups is 2. The van der Waals surface area contributed by atoms with Crippen molar-refractivity contribution >= 4 is 35.1 Å². The Bertz CT molecular complexity index is 856. The van der Waals surface area contributed by atoms with Crippen molar-refractivity contribution in [2.24, 2.45) is 0 Å². The molecule has 2 aromatic rings. The Morgan fingerprint density at radius 1 is 1.18 bits per heavy atom. The molecule has 0 bridgehead atoms. The molecule has 148 valence electrons. The molecule has 1 fully saturated rings. The number of ether oxygens (including phenoxy) is 1. The molecule has 3 rings (SSSR count). The fourth-order valence-electron chi connectivity index (χ4n) is 3.61. The summed E-state index contributed by atoms with van der Waals surface area (Å²) in [6.07, 6.45) is 0.445. The molecule has 1 amide bonds. The number of benzene rings is 2. The van der Waals surface area contributed by atoms with Crippen molar-refractivity contribution in [1.29, 1.82) is 0 Å². The van der Waals surface area contributed by atoms with Crippen molar-refractivity contribution in [2.75, 3.05) is 6.61 Å². The number of halogens is 2. The number of carboxylic acids is 1. The quantitative estimate of drug-likeness (QED) is 0.720. The van der Waals surface area contributed by atoms with Crippen LogP contribution in [0.15, 0.2) is 48.5 Å². The molecule has 0 saturated carbocycles. The van der Waals surface area contributed by atoms with Crippen LogP contribution in [0.1, 0.15) is 43.0 Å². The van der Waals surface area contributed by atoms with E-state index in [-0.39, 0.29) is 12.5 Å². The molecule has 7 heteroatoms. The first-order valence-corrected chi connectivity index (χ1v) is 9.84. The van der Waals surface area contributed by atoms with Crippen LogP contribution in [0.25, 0.3) is 0 Å². The molecular weight excluding hydrogens is 401 g/mol. The number of nitrogens with zero attached hydrogens (tertiary/aromatic N) is 1. The number of morpholine rings is 1. The molecule has 0 spiro atoms. The van der Waals surface area contributed by atoms with Crippen molar-refractivity contribution in [3.8, 4) is 0 Å². The van der Waals surface area contributed by atoms with Gasteiger partial charge in [-0.05, 0) is 41.8 Å². The van der Waals surface area contributed by atoms with Gasteiger partial charge in [-0.2, -0.15) is 0 Å². The highest BCUT2D eigenvalue weighted by atomic mass is 35.5. The molecule has 1 aliphatic rings. The third-order valence-corrected chi connectivity index (χ3v) is 5.32. The Labute approximate surface area is 173 Å². The molecule has 3 atom stereocenters. The van der Waals surface area contributed by atoms with Crippen LogP contribution in [0, 0.1) is 0 Å². The zero-order valence-corrected chi connectivity index (χ0v) is 16.9. The summed E-state index contributed by atoms with van der Waals surface area (Å²) in [5, 5.41) is 10.9. The molecule has 0 unspecified atom stereocenters. The standard InChI is InChI=1S/C21H21Cl2NO4/c1-2-4-17(21(26)27)24-18(25)12-28-20(14-5-3-6-16(23)11-14)19(24)13-7-9-15(22)10-8-13/h3,5-11,17,19-20H,2,4,12H2,1H3,(H,26,27)/t17-,19+,20-/m1/s1. The van der Waals surface area contributed by atoms with Crippen LogP contribution >= 0.6 is 23.2 Å². The third kappa shape index (κ3) is 4.32. The topological polar surface area (TPSA) is 66.8 Å². The molecule has 2 aromatic carbocycles. The van der Waals surface area contributed by atoms with E-state index in [1.54, 1.807) is 42.5 Å². The molecule has 1 N–H and O–H groups in total. The first-order valence-electron chi connectivity index (χ1n) is 9.09. The molecule has 1 saturated heterocycles. The van der Waals surface area contributed by atoms with E-state index in [1.165, 1.54) is 4.90 Å². The van der Waals surface area contributed by atoms with Crippen molar-refractivity contribution < 1.29 is 19.4 Å². The minimum Gasteiger partial charge on any atom is -0.480 e. The average molecular weight is 422 g/mol. The molecule has 1 heterocycles. The van der Waals surface area contributed by atoms with E-state index in [1.807, 2.05) is 13.0 Å². The number of aliphatic carboxylic acids is 1. The predicted octanol–water partition coefficient (Wildman–Crippen LogP) is 4.89. The zero-order chi connectivity index (χ0) is 20.3. The van der Waals surface area contributed by atoms with Gasteiger partial charge in [0.1, 0.15) is 18.8 Å². The van der Waals surface area contributed by atoms with Gasteiger partial charge in [0.05, 0.1) is 6.04 Å².